The zero-order chi connectivity index (χ0) is 13.7. The van der Waals surface area contributed by atoms with Crippen LogP contribution in [0.4, 0.5) is 0 Å². The van der Waals surface area contributed by atoms with Crippen molar-refractivity contribution in [3.8, 4) is 0 Å². The minimum atomic E-state index is -0.0979. The normalized spacial score (nSPS) is 11.7. The van der Waals surface area contributed by atoms with Gasteiger partial charge >= 0.3 is 0 Å². The summed E-state index contributed by atoms with van der Waals surface area (Å²) < 4.78 is 0. The average molecular weight is 254 g/mol. The molecule has 0 unspecified atom stereocenters. The summed E-state index contributed by atoms with van der Waals surface area (Å²) in [7, 11) is 0. The molecule has 0 aliphatic carbocycles. The zero-order valence-corrected chi connectivity index (χ0v) is 13.0. The Labute approximate surface area is 115 Å². The fraction of sp³-hybridized carbons (Fsp3) is 0.941. The molecule has 18 heavy (non-hydrogen) atoms. The van der Waals surface area contributed by atoms with Crippen LogP contribution in [0, 0.1) is 5.41 Å². The van der Waals surface area contributed by atoms with Crippen LogP contribution in [0.1, 0.15) is 97.8 Å². The molecule has 0 aromatic heterocycles. The third-order valence-electron chi connectivity index (χ3n) is 3.74. The first-order valence-corrected chi connectivity index (χ1v) is 8.09. The van der Waals surface area contributed by atoms with Gasteiger partial charge in [0.25, 0.3) is 0 Å². The molecule has 0 saturated carbocycles. The Morgan fingerprint density at radius 3 is 1.50 bits per heavy atom. The summed E-state index contributed by atoms with van der Waals surface area (Å²) >= 11 is 0. The monoisotopic (exact) mass is 254 g/mol. The van der Waals surface area contributed by atoms with E-state index in [1.165, 1.54) is 70.6 Å². The topological polar surface area (TPSA) is 17.1 Å². The van der Waals surface area contributed by atoms with Gasteiger partial charge in [0.15, 0.2) is 0 Å². The van der Waals surface area contributed by atoms with Crippen LogP contribution < -0.4 is 0 Å². The van der Waals surface area contributed by atoms with Gasteiger partial charge in [-0.2, -0.15) is 0 Å². The number of carbonyl (C=O) groups is 1. The molecule has 0 fully saturated rings. The fourth-order valence-electron chi connectivity index (χ4n) is 2.30. The number of unbranched alkanes of at least 4 members (excludes halogenated alkanes) is 10. The van der Waals surface area contributed by atoms with Gasteiger partial charge in [0.1, 0.15) is 6.29 Å². The molecular weight excluding hydrogens is 220 g/mol. The summed E-state index contributed by atoms with van der Waals surface area (Å²) in [4.78, 5) is 10.7. The van der Waals surface area contributed by atoms with Gasteiger partial charge in [0.05, 0.1) is 0 Å². The lowest BCUT2D eigenvalue weighted by Gasteiger charge is -2.15. The Kier molecular flexibility index (Phi) is 11.5. The molecule has 0 N–H and O–H groups in total. The molecule has 0 spiro atoms. The van der Waals surface area contributed by atoms with E-state index in [9.17, 15) is 4.79 Å². The van der Waals surface area contributed by atoms with Gasteiger partial charge in [0.2, 0.25) is 0 Å². The van der Waals surface area contributed by atoms with Crippen molar-refractivity contribution in [3.63, 3.8) is 0 Å². The quantitative estimate of drug-likeness (QED) is 0.295. The molecule has 0 aromatic carbocycles. The van der Waals surface area contributed by atoms with Crippen LogP contribution in [0.25, 0.3) is 0 Å². The van der Waals surface area contributed by atoms with E-state index in [4.69, 9.17) is 0 Å². The van der Waals surface area contributed by atoms with E-state index in [1.54, 1.807) is 0 Å². The number of rotatable bonds is 13. The molecule has 0 bridgehead atoms. The SMILES string of the molecule is CCCCCCCCCCCCCC(C)(C)C=O. The highest BCUT2D eigenvalue weighted by Crippen LogP contribution is 2.21. The lowest BCUT2D eigenvalue weighted by Crippen LogP contribution is -2.12. The van der Waals surface area contributed by atoms with Crippen molar-refractivity contribution >= 4 is 6.29 Å². The first-order chi connectivity index (χ1) is 8.62. The second kappa shape index (κ2) is 11.7. The second-order valence-electron chi connectivity index (χ2n) is 6.39. The molecule has 0 aromatic rings. The predicted octanol–water partition coefficient (Wildman–Crippen LogP) is 5.91. The van der Waals surface area contributed by atoms with Crippen molar-refractivity contribution in [3.05, 3.63) is 0 Å². The largest absolute Gasteiger partial charge is 0.303 e. The maximum atomic E-state index is 10.7. The molecule has 0 rings (SSSR count). The van der Waals surface area contributed by atoms with Crippen LogP contribution >= 0.6 is 0 Å². The van der Waals surface area contributed by atoms with Crippen molar-refractivity contribution in [2.24, 2.45) is 5.41 Å². The summed E-state index contributed by atoms with van der Waals surface area (Å²) in [5.41, 5.74) is -0.0979. The number of carbonyl (C=O) groups excluding carboxylic acids is 1. The molecule has 1 nitrogen and oxygen atoms in total. The smallest absolute Gasteiger partial charge is 0.125 e. The average Bonchev–Trinajstić information content (AvgIpc) is 2.36. The van der Waals surface area contributed by atoms with Crippen molar-refractivity contribution in [2.75, 3.05) is 0 Å². The number of hydrogen-bond donors (Lipinski definition) is 0. The fourth-order valence-corrected chi connectivity index (χ4v) is 2.30. The third kappa shape index (κ3) is 12.1. The van der Waals surface area contributed by atoms with Crippen LogP contribution in [-0.2, 0) is 4.79 Å². The Hall–Kier alpha value is -0.330. The van der Waals surface area contributed by atoms with Gasteiger partial charge in [0, 0.05) is 5.41 Å². The molecule has 0 aliphatic rings. The standard InChI is InChI=1S/C17H34O/c1-4-5-6-7-8-9-10-11-12-13-14-15-17(2,3)16-18/h16H,4-15H2,1-3H3. The van der Waals surface area contributed by atoms with E-state index in [-0.39, 0.29) is 5.41 Å². The Morgan fingerprint density at radius 1 is 0.722 bits per heavy atom. The molecule has 0 aliphatic heterocycles. The Bertz CT molecular complexity index is 184. The molecule has 0 atom stereocenters. The van der Waals surface area contributed by atoms with Gasteiger partial charge in [-0.15, -0.1) is 0 Å². The van der Waals surface area contributed by atoms with Crippen molar-refractivity contribution in [1.82, 2.24) is 0 Å². The van der Waals surface area contributed by atoms with E-state index in [0.717, 1.165) is 12.7 Å². The van der Waals surface area contributed by atoms with Crippen molar-refractivity contribution in [2.45, 2.75) is 97.8 Å². The van der Waals surface area contributed by atoms with E-state index in [1.807, 2.05) is 13.8 Å². The number of hydrogen-bond acceptors (Lipinski definition) is 1. The van der Waals surface area contributed by atoms with Crippen LogP contribution in [0.2, 0.25) is 0 Å². The second-order valence-corrected chi connectivity index (χ2v) is 6.39. The molecule has 0 amide bonds. The van der Waals surface area contributed by atoms with Crippen molar-refractivity contribution < 1.29 is 4.79 Å². The maximum Gasteiger partial charge on any atom is 0.125 e. The first-order valence-electron chi connectivity index (χ1n) is 8.09. The first kappa shape index (κ1) is 17.7. The Balaban J connectivity index is 3.10. The number of aldehydes is 1. The molecule has 0 saturated heterocycles. The summed E-state index contributed by atoms with van der Waals surface area (Å²) in [5, 5.41) is 0. The minimum Gasteiger partial charge on any atom is -0.303 e. The van der Waals surface area contributed by atoms with Crippen molar-refractivity contribution in [1.29, 1.82) is 0 Å². The van der Waals surface area contributed by atoms with Gasteiger partial charge in [-0.3, -0.25) is 0 Å². The van der Waals surface area contributed by atoms with E-state index in [2.05, 4.69) is 6.92 Å². The van der Waals surface area contributed by atoms with Crippen LogP contribution in [-0.4, -0.2) is 6.29 Å². The highest BCUT2D eigenvalue weighted by Gasteiger charge is 2.14. The molecule has 0 heterocycles. The lowest BCUT2D eigenvalue weighted by atomic mass is 9.88. The van der Waals surface area contributed by atoms with Gasteiger partial charge in [-0.1, -0.05) is 91.4 Å². The molecule has 1 heteroatoms. The highest BCUT2D eigenvalue weighted by molar-refractivity contribution is 5.57. The zero-order valence-electron chi connectivity index (χ0n) is 13.0. The summed E-state index contributed by atoms with van der Waals surface area (Å²) in [5.74, 6) is 0. The summed E-state index contributed by atoms with van der Waals surface area (Å²) in [6.45, 7) is 6.35. The Morgan fingerprint density at radius 2 is 1.11 bits per heavy atom. The third-order valence-corrected chi connectivity index (χ3v) is 3.74. The molecule has 0 radical (unpaired) electrons. The van der Waals surface area contributed by atoms with E-state index in [0.29, 0.717) is 0 Å². The molecule has 108 valence electrons. The predicted molar refractivity (Wildman–Crippen MR) is 80.9 cm³/mol. The lowest BCUT2D eigenvalue weighted by molar-refractivity contribution is -0.115. The minimum absolute atomic E-state index is 0.0979. The molecular formula is C17H34O. The van der Waals surface area contributed by atoms with Crippen LogP contribution in [0.5, 0.6) is 0 Å². The highest BCUT2D eigenvalue weighted by atomic mass is 16.1. The van der Waals surface area contributed by atoms with Crippen LogP contribution in [0.15, 0.2) is 0 Å². The van der Waals surface area contributed by atoms with Gasteiger partial charge in [-0.05, 0) is 6.42 Å². The van der Waals surface area contributed by atoms with Gasteiger partial charge in [-0.25, -0.2) is 0 Å². The summed E-state index contributed by atoms with van der Waals surface area (Å²) in [6, 6.07) is 0. The van der Waals surface area contributed by atoms with E-state index >= 15 is 0 Å². The summed E-state index contributed by atoms with van der Waals surface area (Å²) in [6.07, 6.45) is 17.3. The van der Waals surface area contributed by atoms with Crippen LogP contribution in [0.3, 0.4) is 0 Å². The van der Waals surface area contributed by atoms with Gasteiger partial charge < -0.3 is 4.79 Å². The maximum absolute atomic E-state index is 10.7. The van der Waals surface area contributed by atoms with E-state index < -0.39 is 0 Å².